The van der Waals surface area contributed by atoms with E-state index in [-0.39, 0.29) is 5.56 Å². The van der Waals surface area contributed by atoms with E-state index in [1.54, 1.807) is 11.7 Å². The van der Waals surface area contributed by atoms with Gasteiger partial charge in [-0.2, -0.15) is 0 Å². The number of nitrogens with zero attached hydrogens (tertiary/aromatic N) is 5. The van der Waals surface area contributed by atoms with E-state index in [2.05, 4.69) is 4.90 Å². The second-order valence-corrected chi connectivity index (χ2v) is 7.42. The van der Waals surface area contributed by atoms with Crippen molar-refractivity contribution in [3.63, 3.8) is 0 Å². The molecule has 3 heterocycles. The maximum Gasteiger partial charge on any atom is 0.262 e. The molecule has 0 spiro atoms. The minimum atomic E-state index is -0.0284. The summed E-state index contributed by atoms with van der Waals surface area (Å²) in [5, 5.41) is 5.41. The third-order valence-corrected chi connectivity index (χ3v) is 5.59. The standard InChI is InChI=1S/C19H25N5O2S/c1-26-13-7-12-22-17(25)15-8-3-4-9-16(15)24-18(22)20-23(19(24)27)14-21-10-5-2-6-11-21/h3-4,8-9H,2,5-7,10-14H2,1H3. The number of hydrogen-bond donors (Lipinski definition) is 0. The van der Waals surface area contributed by atoms with E-state index in [0.29, 0.717) is 35.8 Å². The molecular formula is C19H25N5O2S. The van der Waals surface area contributed by atoms with Gasteiger partial charge in [0.15, 0.2) is 0 Å². The van der Waals surface area contributed by atoms with Crippen LogP contribution in [-0.2, 0) is 18.0 Å². The van der Waals surface area contributed by atoms with Crippen LogP contribution >= 0.6 is 12.2 Å². The molecule has 1 saturated heterocycles. The third kappa shape index (κ3) is 3.44. The van der Waals surface area contributed by atoms with Crippen LogP contribution in [0.3, 0.4) is 0 Å². The van der Waals surface area contributed by atoms with Gasteiger partial charge in [0.05, 0.1) is 17.6 Å². The van der Waals surface area contributed by atoms with E-state index in [9.17, 15) is 4.79 Å². The van der Waals surface area contributed by atoms with E-state index in [4.69, 9.17) is 22.1 Å². The van der Waals surface area contributed by atoms with Crippen molar-refractivity contribution in [1.82, 2.24) is 23.6 Å². The zero-order chi connectivity index (χ0) is 18.8. The highest BCUT2D eigenvalue weighted by Crippen LogP contribution is 2.16. The molecule has 4 rings (SSSR count). The molecule has 1 aliphatic rings. The van der Waals surface area contributed by atoms with Gasteiger partial charge in [-0.3, -0.25) is 18.7 Å². The Hall–Kier alpha value is -2.03. The summed E-state index contributed by atoms with van der Waals surface area (Å²) in [7, 11) is 1.67. The predicted molar refractivity (Wildman–Crippen MR) is 108 cm³/mol. The van der Waals surface area contributed by atoms with Crippen molar-refractivity contribution in [3.05, 3.63) is 39.4 Å². The molecule has 7 nitrogen and oxygen atoms in total. The number of fused-ring (bicyclic) bond motifs is 3. The van der Waals surface area contributed by atoms with Gasteiger partial charge in [0.25, 0.3) is 5.56 Å². The number of likely N-dealkylation sites (tertiary alicyclic amines) is 1. The van der Waals surface area contributed by atoms with Crippen LogP contribution in [0.15, 0.2) is 29.1 Å². The quantitative estimate of drug-likeness (QED) is 0.481. The maximum atomic E-state index is 13.1. The molecule has 0 atom stereocenters. The molecule has 1 aliphatic heterocycles. The lowest BCUT2D eigenvalue weighted by Gasteiger charge is -2.25. The van der Waals surface area contributed by atoms with Gasteiger partial charge in [0.1, 0.15) is 0 Å². The fourth-order valence-corrected chi connectivity index (χ4v) is 4.10. The Balaban J connectivity index is 1.87. The molecule has 1 fully saturated rings. The van der Waals surface area contributed by atoms with Crippen LogP contribution in [0, 0.1) is 4.77 Å². The van der Waals surface area contributed by atoms with Crippen LogP contribution < -0.4 is 5.56 Å². The van der Waals surface area contributed by atoms with Gasteiger partial charge in [0, 0.05) is 20.3 Å². The second kappa shape index (κ2) is 7.92. The van der Waals surface area contributed by atoms with Crippen LogP contribution in [0.2, 0.25) is 0 Å². The number of methoxy groups -OCH3 is 1. The lowest BCUT2D eigenvalue weighted by atomic mass is 10.1. The molecule has 0 radical (unpaired) electrons. The lowest BCUT2D eigenvalue weighted by molar-refractivity contribution is 0.172. The number of para-hydroxylation sites is 1. The van der Waals surface area contributed by atoms with E-state index < -0.39 is 0 Å². The number of aryl methyl sites for hydroxylation is 1. The molecule has 0 amide bonds. The van der Waals surface area contributed by atoms with Gasteiger partial charge in [0.2, 0.25) is 10.5 Å². The van der Waals surface area contributed by atoms with Gasteiger partial charge < -0.3 is 4.74 Å². The zero-order valence-corrected chi connectivity index (χ0v) is 16.5. The molecule has 0 saturated carbocycles. The van der Waals surface area contributed by atoms with Crippen LogP contribution in [0.1, 0.15) is 25.7 Å². The van der Waals surface area contributed by atoms with E-state index in [0.717, 1.165) is 25.0 Å². The van der Waals surface area contributed by atoms with Crippen molar-refractivity contribution in [3.8, 4) is 0 Å². The Kier molecular flexibility index (Phi) is 5.38. The van der Waals surface area contributed by atoms with Gasteiger partial charge in [-0.1, -0.05) is 18.6 Å². The highest BCUT2D eigenvalue weighted by molar-refractivity contribution is 7.71. The molecule has 144 valence electrons. The van der Waals surface area contributed by atoms with E-state index >= 15 is 0 Å². The predicted octanol–water partition coefficient (Wildman–Crippen LogP) is 2.66. The minimum absolute atomic E-state index is 0.0284. The summed E-state index contributed by atoms with van der Waals surface area (Å²) in [6.07, 6.45) is 4.46. The van der Waals surface area contributed by atoms with Crippen molar-refractivity contribution in [2.75, 3.05) is 26.8 Å². The van der Waals surface area contributed by atoms with Crippen LogP contribution in [0.4, 0.5) is 0 Å². The SMILES string of the molecule is COCCCn1c(=O)c2ccccc2n2c(=S)n(CN3CCCCC3)nc12. The molecule has 0 unspecified atom stereocenters. The molecule has 0 aliphatic carbocycles. The normalized spacial score (nSPS) is 15.7. The number of benzene rings is 1. The van der Waals surface area contributed by atoms with E-state index in [1.807, 2.05) is 33.3 Å². The summed E-state index contributed by atoms with van der Waals surface area (Å²) in [6.45, 7) is 3.95. The number of ether oxygens (including phenoxy) is 1. The number of aromatic nitrogens is 4. The van der Waals surface area contributed by atoms with Crippen molar-refractivity contribution in [2.45, 2.75) is 38.9 Å². The van der Waals surface area contributed by atoms with Crippen molar-refractivity contribution >= 4 is 28.9 Å². The second-order valence-electron chi connectivity index (χ2n) is 7.06. The van der Waals surface area contributed by atoms with Crippen molar-refractivity contribution in [2.24, 2.45) is 0 Å². The monoisotopic (exact) mass is 387 g/mol. The number of hydrogen-bond acceptors (Lipinski definition) is 5. The largest absolute Gasteiger partial charge is 0.385 e. The van der Waals surface area contributed by atoms with Crippen LogP contribution in [0.25, 0.3) is 16.7 Å². The molecule has 3 aromatic rings. The number of piperidine rings is 1. The Bertz CT molecular complexity index is 1060. The molecule has 27 heavy (non-hydrogen) atoms. The first-order valence-corrected chi connectivity index (χ1v) is 9.94. The minimum Gasteiger partial charge on any atom is -0.385 e. The summed E-state index contributed by atoms with van der Waals surface area (Å²) in [4.78, 5) is 15.4. The molecule has 2 aromatic heterocycles. The van der Waals surface area contributed by atoms with Crippen molar-refractivity contribution < 1.29 is 4.74 Å². The summed E-state index contributed by atoms with van der Waals surface area (Å²) in [6, 6.07) is 7.61. The summed E-state index contributed by atoms with van der Waals surface area (Å²) in [5.74, 6) is 0.608. The molecular weight excluding hydrogens is 362 g/mol. The van der Waals surface area contributed by atoms with Crippen LogP contribution in [-0.4, -0.2) is 50.5 Å². The average Bonchev–Trinajstić information content (AvgIpc) is 3.01. The molecule has 8 heteroatoms. The fraction of sp³-hybridized carbons (Fsp3) is 0.526. The Labute approximate surface area is 162 Å². The van der Waals surface area contributed by atoms with Gasteiger partial charge in [-0.15, -0.1) is 5.10 Å². The first kappa shape index (κ1) is 18.3. The summed E-state index contributed by atoms with van der Waals surface area (Å²) >= 11 is 5.76. The Morgan fingerprint density at radius 1 is 1.19 bits per heavy atom. The first-order chi connectivity index (χ1) is 13.2. The third-order valence-electron chi connectivity index (χ3n) is 5.20. The number of rotatable bonds is 6. The van der Waals surface area contributed by atoms with Crippen LogP contribution in [0.5, 0.6) is 0 Å². The van der Waals surface area contributed by atoms with Gasteiger partial charge >= 0.3 is 0 Å². The summed E-state index contributed by atoms with van der Waals surface area (Å²) < 4.78 is 11.3. The Morgan fingerprint density at radius 3 is 2.74 bits per heavy atom. The van der Waals surface area contributed by atoms with Crippen molar-refractivity contribution in [1.29, 1.82) is 0 Å². The topological polar surface area (TPSA) is 56.7 Å². The average molecular weight is 388 g/mol. The molecule has 0 bridgehead atoms. The van der Waals surface area contributed by atoms with Gasteiger partial charge in [-0.25, -0.2) is 4.68 Å². The zero-order valence-electron chi connectivity index (χ0n) is 15.6. The smallest absolute Gasteiger partial charge is 0.262 e. The molecule has 1 aromatic carbocycles. The maximum absolute atomic E-state index is 13.1. The summed E-state index contributed by atoms with van der Waals surface area (Å²) in [5.41, 5.74) is 0.787. The molecule has 0 N–H and O–H groups in total. The fourth-order valence-electron chi connectivity index (χ4n) is 3.82. The van der Waals surface area contributed by atoms with E-state index in [1.165, 1.54) is 19.3 Å². The highest BCUT2D eigenvalue weighted by Gasteiger charge is 2.17. The first-order valence-electron chi connectivity index (χ1n) is 9.53. The lowest BCUT2D eigenvalue weighted by Crippen LogP contribution is -2.32. The highest BCUT2D eigenvalue weighted by atomic mass is 32.1. The Morgan fingerprint density at radius 2 is 1.96 bits per heavy atom. The van der Waals surface area contributed by atoms with Gasteiger partial charge in [-0.05, 0) is 56.7 Å².